The standard InChI is InChI=1S/C13H25N3O3/c1-5-16(7-6-11(14)15-18)13(17)12-8(2)9(3)19-10(12)4/h8-10,12,18H,5-7H2,1-4H3,(H2,14,15). The molecule has 1 aliphatic heterocycles. The molecule has 0 spiro atoms. The SMILES string of the molecule is CCN(CCC(N)=NO)C(=O)C1C(C)OC(C)C1C. The number of nitrogens with two attached hydrogens (primary N) is 1. The van der Waals surface area contributed by atoms with Crippen molar-refractivity contribution >= 4 is 11.7 Å². The largest absolute Gasteiger partial charge is 0.409 e. The molecule has 0 aromatic heterocycles. The number of oxime groups is 1. The summed E-state index contributed by atoms with van der Waals surface area (Å²) in [5, 5.41) is 11.5. The molecule has 1 fully saturated rings. The summed E-state index contributed by atoms with van der Waals surface area (Å²) in [5.74, 6) is 0.337. The van der Waals surface area contributed by atoms with E-state index in [1.54, 1.807) is 4.90 Å². The first-order valence-corrected chi connectivity index (χ1v) is 6.83. The van der Waals surface area contributed by atoms with Gasteiger partial charge in [-0.15, -0.1) is 0 Å². The van der Waals surface area contributed by atoms with Crippen molar-refractivity contribution in [2.45, 2.75) is 46.3 Å². The summed E-state index contributed by atoms with van der Waals surface area (Å²) in [6, 6.07) is 0. The minimum absolute atomic E-state index is 0.0598. The van der Waals surface area contributed by atoms with Crippen molar-refractivity contribution in [2.24, 2.45) is 22.7 Å². The Morgan fingerprint density at radius 2 is 2.00 bits per heavy atom. The number of rotatable bonds is 5. The number of ether oxygens (including phenoxy) is 1. The van der Waals surface area contributed by atoms with Gasteiger partial charge in [-0.05, 0) is 26.7 Å². The lowest BCUT2D eigenvalue weighted by molar-refractivity contribution is -0.137. The van der Waals surface area contributed by atoms with Crippen LogP contribution in [0.3, 0.4) is 0 Å². The lowest BCUT2D eigenvalue weighted by Gasteiger charge is -2.27. The van der Waals surface area contributed by atoms with E-state index in [9.17, 15) is 4.79 Å². The normalized spacial score (nSPS) is 31.5. The summed E-state index contributed by atoms with van der Waals surface area (Å²) in [4.78, 5) is 14.3. The van der Waals surface area contributed by atoms with Crippen LogP contribution in [0.15, 0.2) is 5.16 Å². The monoisotopic (exact) mass is 271 g/mol. The molecule has 0 aliphatic carbocycles. The van der Waals surface area contributed by atoms with Crippen molar-refractivity contribution in [3.63, 3.8) is 0 Å². The highest BCUT2D eigenvalue weighted by Gasteiger charge is 2.42. The van der Waals surface area contributed by atoms with Crippen LogP contribution in [-0.4, -0.2) is 47.1 Å². The molecular weight excluding hydrogens is 246 g/mol. The number of nitrogens with zero attached hydrogens (tertiary/aromatic N) is 2. The second-order valence-electron chi connectivity index (χ2n) is 5.19. The van der Waals surface area contributed by atoms with E-state index >= 15 is 0 Å². The van der Waals surface area contributed by atoms with Crippen LogP contribution in [0.25, 0.3) is 0 Å². The number of amides is 1. The van der Waals surface area contributed by atoms with Gasteiger partial charge in [0.1, 0.15) is 5.84 Å². The van der Waals surface area contributed by atoms with Crippen LogP contribution >= 0.6 is 0 Å². The number of carbonyl (C=O) groups excluding carboxylic acids is 1. The zero-order valence-electron chi connectivity index (χ0n) is 12.2. The minimum atomic E-state index is -0.109. The molecule has 1 rings (SSSR count). The van der Waals surface area contributed by atoms with E-state index in [4.69, 9.17) is 15.7 Å². The minimum Gasteiger partial charge on any atom is -0.409 e. The highest BCUT2D eigenvalue weighted by Crippen LogP contribution is 2.33. The maximum atomic E-state index is 12.5. The second-order valence-corrected chi connectivity index (χ2v) is 5.19. The van der Waals surface area contributed by atoms with Crippen LogP contribution < -0.4 is 5.73 Å². The van der Waals surface area contributed by atoms with Gasteiger partial charge >= 0.3 is 0 Å². The third-order valence-electron chi connectivity index (χ3n) is 3.99. The van der Waals surface area contributed by atoms with Gasteiger partial charge in [0.05, 0.1) is 18.1 Å². The molecule has 1 saturated heterocycles. The maximum Gasteiger partial charge on any atom is 0.228 e. The first kappa shape index (κ1) is 15.8. The van der Waals surface area contributed by atoms with Crippen LogP contribution in [0.4, 0.5) is 0 Å². The van der Waals surface area contributed by atoms with Gasteiger partial charge in [0.15, 0.2) is 0 Å². The van der Waals surface area contributed by atoms with E-state index in [1.165, 1.54) is 0 Å². The highest BCUT2D eigenvalue weighted by molar-refractivity contribution is 5.82. The molecule has 19 heavy (non-hydrogen) atoms. The Hall–Kier alpha value is -1.30. The fourth-order valence-electron chi connectivity index (χ4n) is 2.63. The van der Waals surface area contributed by atoms with E-state index in [0.29, 0.717) is 19.5 Å². The van der Waals surface area contributed by atoms with Crippen molar-refractivity contribution in [3.05, 3.63) is 0 Å². The van der Waals surface area contributed by atoms with E-state index in [1.807, 2.05) is 27.7 Å². The van der Waals surface area contributed by atoms with E-state index < -0.39 is 0 Å². The summed E-state index contributed by atoms with van der Waals surface area (Å²) in [7, 11) is 0. The molecule has 4 atom stereocenters. The molecule has 4 unspecified atom stereocenters. The Morgan fingerprint density at radius 3 is 2.42 bits per heavy atom. The van der Waals surface area contributed by atoms with Crippen LogP contribution in [-0.2, 0) is 9.53 Å². The van der Waals surface area contributed by atoms with Gasteiger partial charge in [0.25, 0.3) is 0 Å². The predicted octanol–water partition coefficient (Wildman–Crippen LogP) is 1.03. The first-order chi connectivity index (χ1) is 8.92. The Morgan fingerprint density at radius 1 is 1.37 bits per heavy atom. The summed E-state index contributed by atoms with van der Waals surface area (Å²) in [6.45, 7) is 9.01. The summed E-state index contributed by atoms with van der Waals surface area (Å²) < 4.78 is 5.71. The molecule has 0 bridgehead atoms. The number of hydrogen-bond donors (Lipinski definition) is 2. The Balaban J connectivity index is 2.68. The van der Waals surface area contributed by atoms with Crippen LogP contribution in [0.1, 0.15) is 34.1 Å². The molecule has 0 saturated carbocycles. The first-order valence-electron chi connectivity index (χ1n) is 6.83. The van der Waals surface area contributed by atoms with E-state index in [2.05, 4.69) is 5.16 Å². The van der Waals surface area contributed by atoms with Crippen LogP contribution in [0, 0.1) is 11.8 Å². The molecule has 0 aromatic rings. The number of hydrogen-bond acceptors (Lipinski definition) is 4. The zero-order valence-corrected chi connectivity index (χ0v) is 12.2. The second kappa shape index (κ2) is 6.75. The van der Waals surface area contributed by atoms with Crippen molar-refractivity contribution in [3.8, 4) is 0 Å². The van der Waals surface area contributed by atoms with Gasteiger partial charge in [-0.25, -0.2) is 0 Å². The molecule has 6 heteroatoms. The molecule has 0 radical (unpaired) electrons. The van der Waals surface area contributed by atoms with Gasteiger partial charge in [-0.1, -0.05) is 12.1 Å². The van der Waals surface area contributed by atoms with Crippen molar-refractivity contribution in [2.75, 3.05) is 13.1 Å². The average Bonchev–Trinajstić information content (AvgIpc) is 2.63. The Labute approximate surface area is 114 Å². The molecule has 110 valence electrons. The van der Waals surface area contributed by atoms with Gasteiger partial charge in [-0.3, -0.25) is 4.79 Å². The smallest absolute Gasteiger partial charge is 0.228 e. The van der Waals surface area contributed by atoms with Crippen molar-refractivity contribution in [1.82, 2.24) is 4.90 Å². The fourth-order valence-corrected chi connectivity index (χ4v) is 2.63. The molecule has 1 amide bonds. The van der Waals surface area contributed by atoms with Gasteiger partial charge < -0.3 is 20.6 Å². The number of amidine groups is 1. The highest BCUT2D eigenvalue weighted by atomic mass is 16.5. The molecule has 1 heterocycles. The third-order valence-corrected chi connectivity index (χ3v) is 3.99. The Bertz CT molecular complexity index is 346. The number of carbonyl (C=O) groups is 1. The maximum absolute atomic E-state index is 12.5. The lowest BCUT2D eigenvalue weighted by Crippen LogP contribution is -2.42. The van der Waals surface area contributed by atoms with E-state index in [0.717, 1.165) is 0 Å². The summed E-state index contributed by atoms with van der Waals surface area (Å²) in [6.07, 6.45) is 0.421. The summed E-state index contributed by atoms with van der Waals surface area (Å²) in [5.41, 5.74) is 5.44. The van der Waals surface area contributed by atoms with Crippen LogP contribution in [0.5, 0.6) is 0 Å². The summed E-state index contributed by atoms with van der Waals surface area (Å²) >= 11 is 0. The van der Waals surface area contributed by atoms with Crippen molar-refractivity contribution in [1.29, 1.82) is 0 Å². The van der Waals surface area contributed by atoms with Gasteiger partial charge in [0.2, 0.25) is 5.91 Å². The lowest BCUT2D eigenvalue weighted by atomic mass is 9.88. The molecule has 0 aromatic carbocycles. The van der Waals surface area contributed by atoms with Crippen molar-refractivity contribution < 1.29 is 14.7 Å². The van der Waals surface area contributed by atoms with Gasteiger partial charge in [-0.2, -0.15) is 0 Å². The third kappa shape index (κ3) is 3.59. The predicted molar refractivity (Wildman–Crippen MR) is 72.9 cm³/mol. The molecule has 6 nitrogen and oxygen atoms in total. The molecular formula is C13H25N3O3. The topological polar surface area (TPSA) is 88.1 Å². The fraction of sp³-hybridized carbons (Fsp3) is 0.846. The zero-order chi connectivity index (χ0) is 14.6. The van der Waals surface area contributed by atoms with Crippen LogP contribution in [0.2, 0.25) is 0 Å². The Kier molecular flexibility index (Phi) is 5.60. The molecule has 1 aliphatic rings. The quantitative estimate of drug-likeness (QED) is 0.338. The average molecular weight is 271 g/mol. The van der Waals surface area contributed by atoms with Gasteiger partial charge in [0, 0.05) is 19.5 Å². The molecule has 3 N–H and O–H groups in total. The van der Waals surface area contributed by atoms with E-state index in [-0.39, 0.29) is 35.8 Å².